The Hall–Kier alpha value is -3.28. The van der Waals surface area contributed by atoms with E-state index >= 15 is 0 Å². The van der Waals surface area contributed by atoms with Crippen LogP contribution >= 0.6 is 11.8 Å². The highest BCUT2D eigenvalue weighted by atomic mass is 32.2. The third kappa shape index (κ3) is 4.94. The maximum atomic E-state index is 13.3. The second kappa shape index (κ2) is 11.4. The number of hydrogen-bond acceptors (Lipinski definition) is 15. The van der Waals surface area contributed by atoms with Crippen molar-refractivity contribution in [3.05, 3.63) is 39.4 Å². The van der Waals surface area contributed by atoms with Gasteiger partial charge in [-0.3, -0.25) is 18.8 Å². The van der Waals surface area contributed by atoms with E-state index in [1.807, 2.05) is 29.8 Å². The van der Waals surface area contributed by atoms with Crippen molar-refractivity contribution in [3.63, 3.8) is 0 Å². The number of fused-ring (bicyclic) bond motifs is 9. The van der Waals surface area contributed by atoms with Crippen molar-refractivity contribution < 1.29 is 56.1 Å². The van der Waals surface area contributed by atoms with Gasteiger partial charge in [0, 0.05) is 41.0 Å². The standard InChI is InChI=1S/C31H36N2O12S2/c1-12-7-15-8-16-30(36)33-17-9-41-31(37)18(45-47(6,38)39)10-46-29(23(33)22(32(16)4)19(15)24(35)25(12)40-5)21-20(17)28-27(42-11-43-28)13(2)26(21)44-14(3)34/h7,16-18,22-23,29-30,35-36H,8-11H2,1-6H3/t16-,17-,18-,22+,23?,29+,30-/m0/s1. The van der Waals surface area contributed by atoms with Crippen LogP contribution in [0.2, 0.25) is 0 Å². The van der Waals surface area contributed by atoms with E-state index in [0.717, 1.165) is 17.4 Å². The summed E-state index contributed by atoms with van der Waals surface area (Å²) >= 11 is 1.21. The zero-order chi connectivity index (χ0) is 33.7. The largest absolute Gasteiger partial charge is 0.504 e. The van der Waals surface area contributed by atoms with Gasteiger partial charge in [0.05, 0.1) is 36.7 Å². The number of rotatable bonds is 4. The molecule has 4 bridgehead atoms. The van der Waals surface area contributed by atoms with Crippen LogP contribution in [0.4, 0.5) is 0 Å². The molecule has 2 saturated heterocycles. The van der Waals surface area contributed by atoms with Crippen molar-refractivity contribution in [3.8, 4) is 28.7 Å². The van der Waals surface area contributed by atoms with Crippen molar-refractivity contribution >= 4 is 33.8 Å². The van der Waals surface area contributed by atoms with Crippen molar-refractivity contribution in [1.29, 1.82) is 0 Å². The SMILES string of the molecule is COc1c(C)cc2c(c1O)[C@@H]1C3[C@@H]4SC[C@H](OS(C)(=O)=O)C(=O)OC[C@@H](c5c6c(c(C)c(OC(C)=O)c54)OCO6)N3[C@@H](O)[C@H](C2)N1C. The van der Waals surface area contributed by atoms with Crippen molar-refractivity contribution in [2.24, 2.45) is 0 Å². The number of likely N-dealkylation sites (N-methyl/N-ethyl adjacent to an activating group) is 1. The Morgan fingerprint density at radius 1 is 1.11 bits per heavy atom. The number of hydrogen-bond donors (Lipinski definition) is 2. The first-order valence-electron chi connectivity index (χ1n) is 15.1. The van der Waals surface area contributed by atoms with Crippen molar-refractivity contribution in [1.82, 2.24) is 9.80 Å². The minimum atomic E-state index is -4.06. The predicted octanol–water partition coefficient (Wildman–Crippen LogP) is 2.00. The van der Waals surface area contributed by atoms with Gasteiger partial charge < -0.3 is 33.9 Å². The number of phenols is 1. The van der Waals surface area contributed by atoms with Gasteiger partial charge in [0.25, 0.3) is 10.1 Å². The number of benzene rings is 2. The molecule has 0 aromatic heterocycles. The number of aryl methyl sites for hydroxylation is 1. The van der Waals surface area contributed by atoms with Crippen LogP contribution in [0.25, 0.3) is 0 Å². The molecular weight excluding hydrogens is 656 g/mol. The average Bonchev–Trinajstić information content (AvgIpc) is 3.48. The van der Waals surface area contributed by atoms with Gasteiger partial charge in [0.1, 0.15) is 18.6 Å². The molecule has 7 rings (SSSR count). The Labute approximate surface area is 275 Å². The summed E-state index contributed by atoms with van der Waals surface area (Å²) in [6.45, 7) is 4.47. The van der Waals surface area contributed by atoms with Crippen LogP contribution in [-0.2, 0) is 35.0 Å². The maximum Gasteiger partial charge on any atom is 0.337 e. The fourth-order valence-corrected chi connectivity index (χ4v) is 10.2. The molecule has 0 aliphatic carbocycles. The summed E-state index contributed by atoms with van der Waals surface area (Å²) in [6, 6.07) is -0.504. The predicted molar refractivity (Wildman–Crippen MR) is 166 cm³/mol. The Morgan fingerprint density at radius 3 is 2.51 bits per heavy atom. The summed E-state index contributed by atoms with van der Waals surface area (Å²) in [5.74, 6) is -0.282. The van der Waals surface area contributed by atoms with Gasteiger partial charge in [-0.1, -0.05) is 6.07 Å². The molecule has 7 atom stereocenters. The number of aliphatic hydroxyl groups excluding tert-OH is 1. The molecule has 5 aliphatic heterocycles. The van der Waals surface area contributed by atoms with Crippen LogP contribution in [0.3, 0.4) is 0 Å². The number of phenolic OH excluding ortho intramolecular Hbond substituents is 1. The Morgan fingerprint density at radius 2 is 1.83 bits per heavy atom. The zero-order valence-corrected chi connectivity index (χ0v) is 28.3. The molecule has 2 aromatic rings. The van der Waals surface area contributed by atoms with Crippen LogP contribution in [0, 0.1) is 13.8 Å². The van der Waals surface area contributed by atoms with Gasteiger partial charge >= 0.3 is 11.9 Å². The molecular formula is C31H36N2O12S2. The number of methoxy groups -OCH3 is 1. The van der Waals surface area contributed by atoms with Crippen LogP contribution < -0.4 is 18.9 Å². The fraction of sp³-hybridized carbons (Fsp3) is 0.548. The molecule has 14 nitrogen and oxygen atoms in total. The Balaban J connectivity index is 1.52. The van der Waals surface area contributed by atoms with Gasteiger partial charge in [-0.25, -0.2) is 4.79 Å². The lowest BCUT2D eigenvalue weighted by atomic mass is 9.73. The molecule has 2 fully saturated rings. The molecule has 254 valence electrons. The van der Waals surface area contributed by atoms with Crippen LogP contribution in [-0.4, -0.2) is 104 Å². The summed E-state index contributed by atoms with van der Waals surface area (Å²) in [5.41, 5.74) is 3.87. The number of thioether (sulfide) groups is 1. The van der Waals surface area contributed by atoms with E-state index in [4.69, 9.17) is 27.9 Å². The number of aromatic hydroxyl groups is 1. The van der Waals surface area contributed by atoms with E-state index in [0.29, 0.717) is 45.9 Å². The van der Waals surface area contributed by atoms with Gasteiger partial charge in [0.15, 0.2) is 29.1 Å². The average molecular weight is 693 g/mol. The molecule has 5 heterocycles. The number of carbonyl (C=O) groups excluding carboxylic acids is 2. The summed E-state index contributed by atoms with van der Waals surface area (Å²) in [4.78, 5) is 29.8. The Kier molecular flexibility index (Phi) is 7.84. The lowest BCUT2D eigenvalue weighted by Crippen LogP contribution is -2.69. The summed E-state index contributed by atoms with van der Waals surface area (Å²) in [5, 5.41) is 23.3. The van der Waals surface area contributed by atoms with Crippen LogP contribution in [0.15, 0.2) is 6.07 Å². The molecule has 47 heavy (non-hydrogen) atoms. The molecule has 0 radical (unpaired) electrons. The molecule has 2 aromatic carbocycles. The summed E-state index contributed by atoms with van der Waals surface area (Å²) < 4.78 is 58.8. The number of cyclic esters (lactones) is 1. The van der Waals surface area contributed by atoms with E-state index < -0.39 is 63.8 Å². The fourth-order valence-electron chi connectivity index (χ4n) is 8.04. The van der Waals surface area contributed by atoms with E-state index in [9.17, 15) is 28.2 Å². The number of nitrogens with zero attached hydrogens (tertiary/aromatic N) is 2. The van der Waals surface area contributed by atoms with Gasteiger partial charge in [-0.2, -0.15) is 8.42 Å². The minimum absolute atomic E-state index is 0.0147. The summed E-state index contributed by atoms with van der Waals surface area (Å²) in [6.07, 6.45) is -1.28. The Bertz CT molecular complexity index is 1800. The molecule has 5 aliphatic rings. The number of esters is 2. The topological polar surface area (TPSA) is 171 Å². The van der Waals surface area contributed by atoms with Crippen LogP contribution in [0.1, 0.15) is 57.6 Å². The van der Waals surface area contributed by atoms with Crippen molar-refractivity contribution in [2.75, 3.05) is 39.6 Å². The number of piperazine rings is 1. The zero-order valence-electron chi connectivity index (χ0n) is 26.6. The molecule has 0 amide bonds. The molecule has 16 heteroatoms. The normalized spacial score (nSPS) is 29.8. The smallest absolute Gasteiger partial charge is 0.337 e. The first-order valence-corrected chi connectivity index (χ1v) is 18.0. The quantitative estimate of drug-likeness (QED) is 0.271. The third-order valence-electron chi connectivity index (χ3n) is 9.74. The second-order valence-electron chi connectivity index (χ2n) is 12.5. The van der Waals surface area contributed by atoms with Crippen LogP contribution in [0.5, 0.6) is 28.7 Å². The van der Waals surface area contributed by atoms with E-state index in [-0.39, 0.29) is 30.7 Å². The van der Waals surface area contributed by atoms with Gasteiger partial charge in [-0.15, -0.1) is 11.8 Å². The number of ether oxygens (including phenoxy) is 5. The van der Waals surface area contributed by atoms with E-state index in [1.54, 1.807) is 6.92 Å². The second-order valence-corrected chi connectivity index (χ2v) is 15.3. The molecule has 2 N–H and O–H groups in total. The highest BCUT2D eigenvalue weighted by molar-refractivity contribution is 7.99. The summed E-state index contributed by atoms with van der Waals surface area (Å²) in [7, 11) is -0.679. The molecule has 1 unspecified atom stereocenters. The highest BCUT2D eigenvalue weighted by Crippen LogP contribution is 2.63. The molecule has 0 spiro atoms. The maximum absolute atomic E-state index is 13.3. The lowest BCUT2D eigenvalue weighted by molar-refractivity contribution is -0.186. The first-order chi connectivity index (χ1) is 22.2. The highest BCUT2D eigenvalue weighted by Gasteiger charge is 2.60. The molecule has 0 saturated carbocycles. The van der Waals surface area contributed by atoms with Gasteiger partial charge in [-0.05, 0) is 38.4 Å². The van der Waals surface area contributed by atoms with Gasteiger partial charge in [0.2, 0.25) is 6.79 Å². The monoisotopic (exact) mass is 692 g/mol. The van der Waals surface area contributed by atoms with E-state index in [2.05, 4.69) is 0 Å². The number of carbonyl (C=O) groups is 2. The first kappa shape index (κ1) is 32.3. The minimum Gasteiger partial charge on any atom is -0.504 e. The number of aliphatic hydroxyl groups is 1. The third-order valence-corrected chi connectivity index (χ3v) is 11.7. The lowest BCUT2D eigenvalue weighted by Gasteiger charge is -2.62. The van der Waals surface area contributed by atoms with Crippen molar-refractivity contribution in [2.45, 2.75) is 68.9 Å². The van der Waals surface area contributed by atoms with E-state index in [1.165, 1.54) is 25.8 Å².